The summed E-state index contributed by atoms with van der Waals surface area (Å²) >= 11 is 0. The van der Waals surface area contributed by atoms with Crippen LogP contribution in [0.15, 0.2) is 18.2 Å². The molecule has 1 saturated heterocycles. The minimum atomic E-state index is -1.19. The lowest BCUT2D eigenvalue weighted by Crippen LogP contribution is -2.27. The van der Waals surface area contributed by atoms with Gasteiger partial charge in [0, 0.05) is 29.0 Å². The van der Waals surface area contributed by atoms with Crippen LogP contribution in [0.5, 0.6) is 17.2 Å². The van der Waals surface area contributed by atoms with Crippen LogP contribution in [0.2, 0.25) is 0 Å². The van der Waals surface area contributed by atoms with E-state index in [4.69, 9.17) is 18.9 Å². The fourth-order valence-corrected chi connectivity index (χ4v) is 3.79. The Morgan fingerprint density at radius 3 is 2.38 bits per heavy atom. The normalized spacial score (nSPS) is 20.6. The Hall–Kier alpha value is -2.25. The molecule has 2 heterocycles. The van der Waals surface area contributed by atoms with Gasteiger partial charge in [-0.15, -0.1) is 0 Å². The fourth-order valence-electron chi connectivity index (χ4n) is 3.79. The molecule has 4 nitrogen and oxygen atoms in total. The molecule has 0 aromatic heterocycles. The molecule has 0 bridgehead atoms. The van der Waals surface area contributed by atoms with Crippen molar-refractivity contribution in [3.05, 3.63) is 52.3 Å². The van der Waals surface area contributed by atoms with Gasteiger partial charge in [0.1, 0.15) is 0 Å². The summed E-state index contributed by atoms with van der Waals surface area (Å²) in [6.45, 7) is 4.94. The molecule has 2 aliphatic heterocycles. The predicted octanol–water partition coefficient (Wildman–Crippen LogP) is 5.66. The number of halogens is 3. The van der Waals surface area contributed by atoms with Crippen molar-refractivity contribution >= 4 is 0 Å². The summed E-state index contributed by atoms with van der Waals surface area (Å²) in [4.78, 5) is 0. The van der Waals surface area contributed by atoms with Crippen molar-refractivity contribution < 1.29 is 32.1 Å². The zero-order chi connectivity index (χ0) is 20.5. The van der Waals surface area contributed by atoms with Gasteiger partial charge in [-0.1, -0.05) is 25.5 Å². The summed E-state index contributed by atoms with van der Waals surface area (Å²) < 4.78 is 65.9. The highest BCUT2D eigenvalue weighted by Crippen LogP contribution is 2.44. The third kappa shape index (κ3) is 3.69. The molecule has 29 heavy (non-hydrogen) atoms. The molecule has 2 aliphatic rings. The Bertz CT molecular complexity index is 908. The molecule has 1 fully saturated rings. The fraction of sp³-hybridized carbons (Fsp3) is 0.455. The second-order valence-electron chi connectivity index (χ2n) is 7.31. The summed E-state index contributed by atoms with van der Waals surface area (Å²) in [5.74, 6) is -3.35. The number of hydrogen-bond acceptors (Lipinski definition) is 4. The molecule has 0 radical (unpaired) electrons. The minimum Gasteiger partial charge on any atom is -0.491 e. The summed E-state index contributed by atoms with van der Waals surface area (Å²) in [5, 5.41) is 0. The first-order valence-corrected chi connectivity index (χ1v) is 9.89. The number of fused-ring (bicyclic) bond motifs is 2. The van der Waals surface area contributed by atoms with Crippen molar-refractivity contribution in [2.45, 2.75) is 39.4 Å². The highest BCUT2D eigenvalue weighted by atomic mass is 19.2. The van der Waals surface area contributed by atoms with E-state index in [1.54, 1.807) is 19.1 Å². The molecule has 0 saturated carbocycles. The van der Waals surface area contributed by atoms with Crippen LogP contribution in [-0.2, 0) is 15.9 Å². The molecular weight excluding hydrogens is 385 g/mol. The third-order valence-electron chi connectivity index (χ3n) is 5.22. The Balaban J connectivity index is 1.62. The van der Waals surface area contributed by atoms with Crippen molar-refractivity contribution in [2.24, 2.45) is 5.92 Å². The molecule has 4 rings (SSSR count). The van der Waals surface area contributed by atoms with E-state index in [2.05, 4.69) is 6.92 Å². The maximum atomic E-state index is 15.2. The molecule has 7 heteroatoms. The number of rotatable bonds is 5. The van der Waals surface area contributed by atoms with Crippen LogP contribution < -0.4 is 9.47 Å². The Labute approximate surface area is 167 Å². The van der Waals surface area contributed by atoms with Gasteiger partial charge in [0.2, 0.25) is 11.6 Å². The van der Waals surface area contributed by atoms with Crippen LogP contribution >= 0.6 is 0 Å². The average molecular weight is 408 g/mol. The van der Waals surface area contributed by atoms with Gasteiger partial charge in [-0.2, -0.15) is 8.78 Å². The lowest BCUT2D eigenvalue weighted by atomic mass is 9.97. The average Bonchev–Trinajstić information content (AvgIpc) is 2.72. The zero-order valence-corrected chi connectivity index (χ0v) is 16.4. The molecular formula is C22H23F3O4. The van der Waals surface area contributed by atoms with Crippen molar-refractivity contribution in [2.75, 3.05) is 19.8 Å². The second kappa shape index (κ2) is 8.24. The lowest BCUT2D eigenvalue weighted by Gasteiger charge is -2.30. The van der Waals surface area contributed by atoms with Gasteiger partial charge in [0.25, 0.3) is 0 Å². The van der Waals surface area contributed by atoms with Crippen LogP contribution in [0.1, 0.15) is 49.7 Å². The summed E-state index contributed by atoms with van der Waals surface area (Å²) in [6.07, 6.45) is 1.36. The maximum absolute atomic E-state index is 15.2. The first-order chi connectivity index (χ1) is 14.0. The van der Waals surface area contributed by atoms with Gasteiger partial charge in [0.05, 0.1) is 19.8 Å². The third-order valence-corrected chi connectivity index (χ3v) is 5.22. The number of hydrogen-bond donors (Lipinski definition) is 0. The van der Waals surface area contributed by atoms with E-state index in [1.807, 2.05) is 0 Å². The summed E-state index contributed by atoms with van der Waals surface area (Å²) in [7, 11) is 0. The minimum absolute atomic E-state index is 0.125. The van der Waals surface area contributed by atoms with Crippen LogP contribution in [0.4, 0.5) is 13.2 Å². The van der Waals surface area contributed by atoms with Gasteiger partial charge in [0.15, 0.2) is 29.4 Å². The molecule has 2 aromatic rings. The van der Waals surface area contributed by atoms with Crippen LogP contribution in [0, 0.1) is 23.4 Å². The van der Waals surface area contributed by atoms with Crippen LogP contribution in [-0.4, -0.2) is 19.8 Å². The van der Waals surface area contributed by atoms with Crippen molar-refractivity contribution in [3.63, 3.8) is 0 Å². The van der Waals surface area contributed by atoms with Gasteiger partial charge in [-0.3, -0.25) is 0 Å². The molecule has 0 aliphatic carbocycles. The number of benzene rings is 2. The van der Waals surface area contributed by atoms with E-state index in [0.717, 1.165) is 12.8 Å². The zero-order valence-electron chi connectivity index (χ0n) is 16.4. The lowest BCUT2D eigenvalue weighted by molar-refractivity contribution is -0.207. The van der Waals surface area contributed by atoms with Gasteiger partial charge < -0.3 is 18.9 Å². The van der Waals surface area contributed by atoms with E-state index >= 15 is 4.39 Å². The molecule has 0 atom stereocenters. The molecule has 0 spiro atoms. The summed E-state index contributed by atoms with van der Waals surface area (Å²) in [5.41, 5.74) is 1.13. The van der Waals surface area contributed by atoms with Gasteiger partial charge >= 0.3 is 0 Å². The Kier molecular flexibility index (Phi) is 5.69. The largest absolute Gasteiger partial charge is 0.491 e. The van der Waals surface area contributed by atoms with Crippen LogP contribution in [0.25, 0.3) is 0 Å². The van der Waals surface area contributed by atoms with E-state index in [1.165, 1.54) is 6.07 Å². The van der Waals surface area contributed by atoms with E-state index in [0.29, 0.717) is 24.3 Å². The van der Waals surface area contributed by atoms with Gasteiger partial charge in [-0.05, 0) is 19.4 Å². The number of ether oxygens (including phenoxy) is 4. The summed E-state index contributed by atoms with van der Waals surface area (Å²) in [6, 6.07) is 4.69. The monoisotopic (exact) mass is 408 g/mol. The maximum Gasteiger partial charge on any atom is 0.205 e. The predicted molar refractivity (Wildman–Crippen MR) is 99.9 cm³/mol. The van der Waals surface area contributed by atoms with Gasteiger partial charge in [-0.25, -0.2) is 4.39 Å². The standard InChI is InChI=1S/C22H23F3O4/c1-3-5-12-10-27-22(28-11-12)15-7-6-13-8-14-9-16(26-4-2)18(24)19(25)21(14)29-20(13)17(15)23/h6-7,9,12,22H,3-5,8,10-11H2,1-2H3. The van der Waals surface area contributed by atoms with Crippen molar-refractivity contribution in [1.82, 2.24) is 0 Å². The second-order valence-corrected chi connectivity index (χ2v) is 7.31. The molecule has 0 amide bonds. The van der Waals surface area contributed by atoms with Crippen molar-refractivity contribution in [1.29, 1.82) is 0 Å². The topological polar surface area (TPSA) is 36.9 Å². The quantitative estimate of drug-likeness (QED) is 0.546. The highest BCUT2D eigenvalue weighted by Gasteiger charge is 2.32. The van der Waals surface area contributed by atoms with E-state index < -0.39 is 23.7 Å². The van der Waals surface area contributed by atoms with E-state index in [-0.39, 0.29) is 41.8 Å². The Morgan fingerprint density at radius 1 is 0.966 bits per heavy atom. The first kappa shape index (κ1) is 20.0. The molecule has 2 aromatic carbocycles. The first-order valence-electron chi connectivity index (χ1n) is 9.89. The molecule has 0 N–H and O–H groups in total. The molecule has 0 unspecified atom stereocenters. The van der Waals surface area contributed by atoms with E-state index in [9.17, 15) is 8.78 Å². The Morgan fingerprint density at radius 2 is 1.69 bits per heavy atom. The van der Waals surface area contributed by atoms with Crippen LogP contribution in [0.3, 0.4) is 0 Å². The SMILES string of the molecule is CCCC1COC(c2ccc3c(c2F)Oc2c(cc(OCC)c(F)c2F)C3)OC1. The van der Waals surface area contributed by atoms with Crippen molar-refractivity contribution in [3.8, 4) is 17.2 Å². The highest BCUT2D eigenvalue weighted by molar-refractivity contribution is 5.54. The molecule has 156 valence electrons. The smallest absolute Gasteiger partial charge is 0.205 e.